The number of hydrogen-bond donors (Lipinski definition) is 0. The zero-order valence-corrected chi connectivity index (χ0v) is 11.7. The molecule has 0 aliphatic rings. The molecule has 0 heterocycles. The second kappa shape index (κ2) is 6.23. The van der Waals surface area contributed by atoms with Gasteiger partial charge in [-0.2, -0.15) is 0 Å². The fraction of sp³-hybridized carbons (Fsp3) is 0.105. The van der Waals surface area contributed by atoms with Crippen LogP contribution in [0, 0.1) is 0 Å². The van der Waals surface area contributed by atoms with Gasteiger partial charge in [-0.15, -0.1) is 0 Å². The van der Waals surface area contributed by atoms with E-state index < -0.39 is 0 Å². The molecule has 2 heteroatoms. The molecule has 104 valence electrons. The number of carbonyl (C=O) groups excluding carboxylic acids is 1. The predicted octanol–water partition coefficient (Wildman–Crippen LogP) is 4.13. The molecule has 0 aliphatic heterocycles. The van der Waals surface area contributed by atoms with Gasteiger partial charge in [-0.1, -0.05) is 72.8 Å². The van der Waals surface area contributed by atoms with Crippen LogP contribution in [0.1, 0.15) is 11.1 Å². The Labute approximate surface area is 124 Å². The number of fused-ring (bicyclic) bond motifs is 1. The maximum atomic E-state index is 12.0. The van der Waals surface area contributed by atoms with E-state index in [0.29, 0.717) is 13.0 Å². The first kappa shape index (κ1) is 13.4. The molecule has 3 rings (SSSR count). The maximum absolute atomic E-state index is 12.0. The van der Waals surface area contributed by atoms with Gasteiger partial charge in [0.1, 0.15) is 6.61 Å². The third-order valence-corrected chi connectivity index (χ3v) is 3.46. The van der Waals surface area contributed by atoms with Gasteiger partial charge in [-0.25, -0.2) is 0 Å². The summed E-state index contributed by atoms with van der Waals surface area (Å²) in [6.45, 7) is 0.324. The highest BCUT2D eigenvalue weighted by Crippen LogP contribution is 2.19. The molecule has 21 heavy (non-hydrogen) atoms. The zero-order valence-electron chi connectivity index (χ0n) is 11.7. The van der Waals surface area contributed by atoms with Gasteiger partial charge in [0.25, 0.3) is 0 Å². The molecule has 2 nitrogen and oxygen atoms in total. The van der Waals surface area contributed by atoms with Crippen molar-refractivity contribution in [2.45, 2.75) is 13.0 Å². The largest absolute Gasteiger partial charge is 0.461 e. The van der Waals surface area contributed by atoms with E-state index in [-0.39, 0.29) is 5.97 Å². The lowest BCUT2D eigenvalue weighted by Crippen LogP contribution is -2.08. The highest BCUT2D eigenvalue weighted by molar-refractivity contribution is 5.88. The molecule has 3 aromatic rings. The normalized spacial score (nSPS) is 10.5. The van der Waals surface area contributed by atoms with Crippen LogP contribution in [-0.2, 0) is 22.6 Å². The standard InChI is InChI=1S/C19H16O2/c20-19(21-14-15-7-2-1-3-8-15)13-17-11-6-10-16-9-4-5-12-18(16)17/h1-12H,13-14H2. The minimum atomic E-state index is -0.199. The van der Waals surface area contributed by atoms with E-state index in [1.807, 2.05) is 72.8 Å². The third-order valence-electron chi connectivity index (χ3n) is 3.46. The topological polar surface area (TPSA) is 26.3 Å². The fourth-order valence-corrected chi connectivity index (χ4v) is 2.39. The first-order valence-corrected chi connectivity index (χ1v) is 6.99. The molecule has 0 N–H and O–H groups in total. The van der Waals surface area contributed by atoms with Gasteiger partial charge in [0.05, 0.1) is 6.42 Å². The van der Waals surface area contributed by atoms with E-state index in [1.54, 1.807) is 0 Å². The average molecular weight is 276 g/mol. The Bertz CT molecular complexity index is 742. The van der Waals surface area contributed by atoms with Gasteiger partial charge in [0, 0.05) is 0 Å². The van der Waals surface area contributed by atoms with Crippen molar-refractivity contribution >= 4 is 16.7 Å². The molecule has 0 aliphatic carbocycles. The summed E-state index contributed by atoms with van der Waals surface area (Å²) in [5.41, 5.74) is 2.01. The molecule has 0 saturated heterocycles. The number of benzene rings is 3. The van der Waals surface area contributed by atoms with Crippen molar-refractivity contribution in [3.05, 3.63) is 83.9 Å². The molecule has 0 atom stereocenters. The Balaban J connectivity index is 1.69. The van der Waals surface area contributed by atoms with Crippen molar-refractivity contribution in [3.63, 3.8) is 0 Å². The monoisotopic (exact) mass is 276 g/mol. The minimum absolute atomic E-state index is 0.199. The van der Waals surface area contributed by atoms with Crippen LogP contribution in [0.2, 0.25) is 0 Å². The first-order chi connectivity index (χ1) is 10.3. The maximum Gasteiger partial charge on any atom is 0.310 e. The average Bonchev–Trinajstić information content (AvgIpc) is 2.54. The summed E-state index contributed by atoms with van der Waals surface area (Å²) in [5.74, 6) is -0.199. The van der Waals surface area contributed by atoms with E-state index in [1.165, 1.54) is 0 Å². The number of hydrogen-bond acceptors (Lipinski definition) is 2. The van der Waals surface area contributed by atoms with Crippen molar-refractivity contribution in [2.24, 2.45) is 0 Å². The van der Waals surface area contributed by atoms with Crippen LogP contribution in [0.5, 0.6) is 0 Å². The fourth-order valence-electron chi connectivity index (χ4n) is 2.39. The van der Waals surface area contributed by atoms with Crippen LogP contribution >= 0.6 is 0 Å². The number of carbonyl (C=O) groups is 1. The number of rotatable bonds is 4. The van der Waals surface area contributed by atoms with E-state index in [9.17, 15) is 4.79 Å². The van der Waals surface area contributed by atoms with Crippen LogP contribution in [0.25, 0.3) is 10.8 Å². The Kier molecular flexibility index (Phi) is 3.97. The molecule has 0 saturated carbocycles. The Morgan fingerprint density at radius 2 is 1.52 bits per heavy atom. The summed E-state index contributed by atoms with van der Waals surface area (Å²) < 4.78 is 5.34. The second-order valence-electron chi connectivity index (χ2n) is 4.96. The molecular weight excluding hydrogens is 260 g/mol. The summed E-state index contributed by atoms with van der Waals surface area (Å²) in [4.78, 5) is 12.0. The smallest absolute Gasteiger partial charge is 0.310 e. The summed E-state index contributed by atoms with van der Waals surface area (Å²) in [5, 5.41) is 2.25. The predicted molar refractivity (Wildman–Crippen MR) is 83.9 cm³/mol. The molecular formula is C19H16O2. The molecule has 0 radical (unpaired) electrons. The Morgan fingerprint density at radius 1 is 0.810 bits per heavy atom. The molecule has 0 unspecified atom stereocenters. The van der Waals surface area contributed by atoms with Crippen LogP contribution in [0.4, 0.5) is 0 Å². The van der Waals surface area contributed by atoms with E-state index in [0.717, 1.165) is 21.9 Å². The van der Waals surface area contributed by atoms with Crippen LogP contribution in [-0.4, -0.2) is 5.97 Å². The van der Waals surface area contributed by atoms with Crippen molar-refractivity contribution in [3.8, 4) is 0 Å². The third kappa shape index (κ3) is 3.29. The van der Waals surface area contributed by atoms with E-state index >= 15 is 0 Å². The van der Waals surface area contributed by atoms with Crippen LogP contribution in [0.3, 0.4) is 0 Å². The molecule has 0 aromatic heterocycles. The van der Waals surface area contributed by atoms with Gasteiger partial charge >= 0.3 is 5.97 Å². The van der Waals surface area contributed by atoms with E-state index in [4.69, 9.17) is 4.74 Å². The summed E-state index contributed by atoms with van der Waals surface area (Å²) in [7, 11) is 0. The lowest BCUT2D eigenvalue weighted by molar-refractivity contribution is -0.144. The molecule has 0 spiro atoms. The van der Waals surface area contributed by atoms with Crippen molar-refractivity contribution in [1.82, 2.24) is 0 Å². The highest BCUT2D eigenvalue weighted by atomic mass is 16.5. The van der Waals surface area contributed by atoms with Gasteiger partial charge in [-0.3, -0.25) is 4.79 Å². The Morgan fingerprint density at radius 3 is 2.38 bits per heavy atom. The lowest BCUT2D eigenvalue weighted by atomic mass is 10.0. The minimum Gasteiger partial charge on any atom is -0.461 e. The van der Waals surface area contributed by atoms with Crippen LogP contribution in [0.15, 0.2) is 72.8 Å². The van der Waals surface area contributed by atoms with Gasteiger partial charge < -0.3 is 4.74 Å². The lowest BCUT2D eigenvalue weighted by Gasteiger charge is -2.07. The summed E-state index contributed by atoms with van der Waals surface area (Å²) >= 11 is 0. The molecule has 3 aromatic carbocycles. The zero-order chi connectivity index (χ0) is 14.5. The summed E-state index contributed by atoms with van der Waals surface area (Å²) in [6, 6.07) is 23.8. The van der Waals surface area contributed by atoms with Crippen molar-refractivity contribution in [2.75, 3.05) is 0 Å². The van der Waals surface area contributed by atoms with Gasteiger partial charge in [-0.05, 0) is 21.9 Å². The van der Waals surface area contributed by atoms with E-state index in [2.05, 4.69) is 0 Å². The van der Waals surface area contributed by atoms with Gasteiger partial charge in [0.2, 0.25) is 0 Å². The Hall–Kier alpha value is -2.61. The van der Waals surface area contributed by atoms with Gasteiger partial charge in [0.15, 0.2) is 0 Å². The number of esters is 1. The summed E-state index contributed by atoms with van der Waals surface area (Å²) in [6.07, 6.45) is 0.300. The number of ether oxygens (including phenoxy) is 1. The second-order valence-corrected chi connectivity index (χ2v) is 4.96. The SMILES string of the molecule is O=C(Cc1cccc2ccccc12)OCc1ccccc1. The molecule has 0 amide bonds. The van der Waals surface area contributed by atoms with Crippen LogP contribution < -0.4 is 0 Å². The first-order valence-electron chi connectivity index (χ1n) is 6.99. The highest BCUT2D eigenvalue weighted by Gasteiger charge is 2.08. The molecule has 0 fully saturated rings. The van der Waals surface area contributed by atoms with Crippen molar-refractivity contribution < 1.29 is 9.53 Å². The quantitative estimate of drug-likeness (QED) is 0.670. The molecule has 0 bridgehead atoms. The van der Waals surface area contributed by atoms with Crippen molar-refractivity contribution in [1.29, 1.82) is 0 Å².